The molecule has 148 valence electrons. The summed E-state index contributed by atoms with van der Waals surface area (Å²) in [6.45, 7) is 6.79. The fourth-order valence-electron chi connectivity index (χ4n) is 2.94. The van der Waals surface area contributed by atoms with Gasteiger partial charge >= 0.3 is 12.3 Å². The Bertz CT molecular complexity index is 904. The van der Waals surface area contributed by atoms with Crippen molar-refractivity contribution < 1.29 is 23.1 Å². The van der Waals surface area contributed by atoms with Crippen LogP contribution in [0.3, 0.4) is 0 Å². The largest absolute Gasteiger partial charge is 0.465 e. The second kappa shape index (κ2) is 7.93. The van der Waals surface area contributed by atoms with Gasteiger partial charge in [0.25, 0.3) is 0 Å². The number of amides is 1. The number of hydrogen-bond donors (Lipinski definition) is 1. The van der Waals surface area contributed by atoms with Crippen molar-refractivity contribution in [2.24, 2.45) is 0 Å². The molecule has 0 bridgehead atoms. The minimum Gasteiger partial charge on any atom is -0.465 e. The Labute approximate surface area is 162 Å². The molecule has 7 heteroatoms. The van der Waals surface area contributed by atoms with Crippen LogP contribution in [0.25, 0.3) is 0 Å². The number of alkyl halides is 3. The summed E-state index contributed by atoms with van der Waals surface area (Å²) in [7, 11) is 0. The van der Waals surface area contributed by atoms with Gasteiger partial charge in [0, 0.05) is 17.3 Å². The van der Waals surface area contributed by atoms with Gasteiger partial charge in [-0.05, 0) is 57.5 Å². The molecule has 0 fully saturated rings. The number of benzene rings is 1. The lowest BCUT2D eigenvalue weighted by Crippen LogP contribution is -2.48. The van der Waals surface area contributed by atoms with Crippen molar-refractivity contribution in [2.45, 2.75) is 45.5 Å². The Morgan fingerprint density at radius 2 is 1.75 bits per heavy atom. The summed E-state index contributed by atoms with van der Waals surface area (Å²) in [5.41, 5.74) is -0.377. The number of aromatic nitrogens is 1. The zero-order valence-corrected chi connectivity index (χ0v) is 16.0. The monoisotopic (exact) mass is 390 g/mol. The Morgan fingerprint density at radius 3 is 2.21 bits per heavy atom. The van der Waals surface area contributed by atoms with Crippen molar-refractivity contribution >= 4 is 6.09 Å². The third-order valence-electron chi connectivity index (χ3n) is 4.10. The normalized spacial score (nSPS) is 12.7. The maximum Gasteiger partial charge on any atom is 0.416 e. The van der Waals surface area contributed by atoms with E-state index in [9.17, 15) is 23.1 Å². The van der Waals surface area contributed by atoms with Crippen LogP contribution < -0.4 is 0 Å². The zero-order chi connectivity index (χ0) is 21.1. The zero-order valence-electron chi connectivity index (χ0n) is 16.0. The van der Waals surface area contributed by atoms with Crippen LogP contribution in [0.1, 0.15) is 56.1 Å². The van der Waals surface area contributed by atoms with Gasteiger partial charge in [0.15, 0.2) is 0 Å². The van der Waals surface area contributed by atoms with Gasteiger partial charge < -0.3 is 5.11 Å². The van der Waals surface area contributed by atoms with E-state index < -0.39 is 29.4 Å². The van der Waals surface area contributed by atoms with Gasteiger partial charge in [-0.1, -0.05) is 18.1 Å². The van der Waals surface area contributed by atoms with E-state index in [4.69, 9.17) is 0 Å². The maximum absolute atomic E-state index is 12.9. The molecule has 4 nitrogen and oxygen atoms in total. The number of hydrogen-bond acceptors (Lipinski definition) is 2. The Hall–Kier alpha value is -3.01. The Balaban J connectivity index is 2.73. The molecule has 1 amide bonds. The highest BCUT2D eigenvalue weighted by Crippen LogP contribution is 2.36. The predicted molar refractivity (Wildman–Crippen MR) is 99.7 cm³/mol. The SMILES string of the molecule is CC#Cc1cccnc1C(c1ccc(C(F)(F)F)cc1)N(C(=O)O)C(C)(C)C. The molecule has 2 aromatic rings. The maximum atomic E-state index is 12.9. The lowest BCUT2D eigenvalue weighted by Gasteiger charge is -2.40. The molecule has 0 aliphatic carbocycles. The van der Waals surface area contributed by atoms with Gasteiger partial charge in [-0.2, -0.15) is 13.2 Å². The number of pyridine rings is 1. The molecule has 0 aliphatic rings. The van der Waals surface area contributed by atoms with Crippen molar-refractivity contribution in [1.29, 1.82) is 0 Å². The third-order valence-corrected chi connectivity index (χ3v) is 4.10. The second-order valence-electron chi connectivity index (χ2n) is 7.16. The molecule has 1 aromatic heterocycles. The van der Waals surface area contributed by atoms with Gasteiger partial charge in [0.05, 0.1) is 11.3 Å². The van der Waals surface area contributed by atoms with Crippen LogP contribution in [0.15, 0.2) is 42.6 Å². The summed E-state index contributed by atoms with van der Waals surface area (Å²) in [6.07, 6.45) is -4.18. The summed E-state index contributed by atoms with van der Waals surface area (Å²) in [5, 5.41) is 9.89. The number of halogens is 3. The molecule has 1 aromatic carbocycles. The first-order valence-corrected chi connectivity index (χ1v) is 8.54. The molecule has 0 radical (unpaired) electrons. The molecule has 0 spiro atoms. The molecule has 0 aliphatic heterocycles. The highest BCUT2D eigenvalue weighted by molar-refractivity contribution is 5.68. The van der Waals surface area contributed by atoms with Crippen LogP contribution in [0, 0.1) is 11.8 Å². The standard InChI is InChI=1S/C21H21F3N2O2/c1-5-7-14-8-6-13-25-17(14)18(26(19(27)28)20(2,3)4)15-9-11-16(12-10-15)21(22,23)24/h6,8-13,18H,1-4H3,(H,27,28). The molecule has 28 heavy (non-hydrogen) atoms. The van der Waals surface area contributed by atoms with Crippen LogP contribution in [0.4, 0.5) is 18.0 Å². The molecule has 1 heterocycles. The van der Waals surface area contributed by atoms with Gasteiger partial charge in [-0.3, -0.25) is 9.88 Å². The first-order chi connectivity index (χ1) is 13.0. The van der Waals surface area contributed by atoms with Crippen LogP contribution in [0.2, 0.25) is 0 Å². The van der Waals surface area contributed by atoms with E-state index in [2.05, 4.69) is 16.8 Å². The summed E-state index contributed by atoms with van der Waals surface area (Å²) < 4.78 is 38.8. The van der Waals surface area contributed by atoms with Crippen molar-refractivity contribution in [2.75, 3.05) is 0 Å². The minimum absolute atomic E-state index is 0.369. The van der Waals surface area contributed by atoms with Crippen molar-refractivity contribution in [3.05, 3.63) is 65.0 Å². The Morgan fingerprint density at radius 1 is 1.14 bits per heavy atom. The highest BCUT2D eigenvalue weighted by atomic mass is 19.4. The fourth-order valence-corrected chi connectivity index (χ4v) is 2.94. The first-order valence-electron chi connectivity index (χ1n) is 8.54. The molecular formula is C21H21F3N2O2. The molecule has 1 N–H and O–H groups in total. The Kier molecular flexibility index (Phi) is 6.03. The summed E-state index contributed by atoms with van der Waals surface area (Å²) >= 11 is 0. The summed E-state index contributed by atoms with van der Waals surface area (Å²) in [5.74, 6) is 5.66. The number of rotatable bonds is 3. The topological polar surface area (TPSA) is 53.4 Å². The van der Waals surface area contributed by atoms with Crippen LogP contribution >= 0.6 is 0 Å². The van der Waals surface area contributed by atoms with Gasteiger partial charge in [-0.25, -0.2) is 4.79 Å². The molecule has 1 atom stereocenters. The first kappa shape index (κ1) is 21.3. The highest BCUT2D eigenvalue weighted by Gasteiger charge is 2.38. The van der Waals surface area contributed by atoms with Gasteiger partial charge in [-0.15, -0.1) is 5.92 Å². The minimum atomic E-state index is -4.48. The predicted octanol–water partition coefficient (Wildman–Crippen LogP) is 5.34. The average molecular weight is 390 g/mol. The summed E-state index contributed by atoms with van der Waals surface area (Å²) in [6, 6.07) is 6.92. The smallest absolute Gasteiger partial charge is 0.416 e. The second-order valence-corrected chi connectivity index (χ2v) is 7.16. The average Bonchev–Trinajstić information content (AvgIpc) is 2.58. The molecule has 1 unspecified atom stereocenters. The van der Waals surface area contributed by atoms with Crippen LogP contribution in [-0.2, 0) is 6.18 Å². The van der Waals surface area contributed by atoms with Crippen LogP contribution in [-0.4, -0.2) is 26.6 Å². The molecule has 0 saturated heterocycles. The number of carbonyl (C=O) groups is 1. The van der Waals surface area contributed by atoms with E-state index in [-0.39, 0.29) is 0 Å². The molecule has 2 rings (SSSR count). The van der Waals surface area contributed by atoms with E-state index >= 15 is 0 Å². The lowest BCUT2D eigenvalue weighted by molar-refractivity contribution is -0.137. The molecule has 0 saturated carbocycles. The lowest BCUT2D eigenvalue weighted by atomic mass is 9.93. The van der Waals surface area contributed by atoms with E-state index in [1.165, 1.54) is 23.2 Å². The van der Waals surface area contributed by atoms with E-state index in [0.29, 0.717) is 16.8 Å². The van der Waals surface area contributed by atoms with Crippen molar-refractivity contribution in [3.8, 4) is 11.8 Å². The quantitative estimate of drug-likeness (QED) is 0.720. The van der Waals surface area contributed by atoms with Crippen LogP contribution in [0.5, 0.6) is 0 Å². The van der Waals surface area contributed by atoms with Crippen molar-refractivity contribution in [1.82, 2.24) is 9.88 Å². The van der Waals surface area contributed by atoms with Crippen molar-refractivity contribution in [3.63, 3.8) is 0 Å². The van der Waals surface area contributed by atoms with Gasteiger partial charge in [0.1, 0.15) is 6.04 Å². The van der Waals surface area contributed by atoms with E-state index in [0.717, 1.165) is 12.1 Å². The number of nitrogens with zero attached hydrogens (tertiary/aromatic N) is 2. The fraction of sp³-hybridized carbons (Fsp3) is 0.333. The summed E-state index contributed by atoms with van der Waals surface area (Å²) in [4.78, 5) is 17.6. The number of carboxylic acid groups (broad SMARTS) is 1. The third kappa shape index (κ3) is 4.63. The van der Waals surface area contributed by atoms with E-state index in [1.807, 2.05) is 0 Å². The molecular weight excluding hydrogens is 369 g/mol. The van der Waals surface area contributed by atoms with Gasteiger partial charge in [0.2, 0.25) is 0 Å². The van der Waals surface area contributed by atoms with E-state index in [1.54, 1.807) is 39.8 Å².